The van der Waals surface area contributed by atoms with Crippen LogP contribution < -0.4 is 10.6 Å². The number of nitrogens with zero attached hydrogens (tertiary/aromatic N) is 2. The standard InChI is InChI=1S/C14H26N4O.ClH/c1-6-7-15-8-9-16-13(19)12-10-17-18(11(12)2)14(3,4)5;/h10,15H,6-9H2,1-5H3,(H,16,19);1H. The van der Waals surface area contributed by atoms with E-state index in [9.17, 15) is 4.79 Å². The van der Waals surface area contributed by atoms with Gasteiger partial charge in [0.2, 0.25) is 0 Å². The summed E-state index contributed by atoms with van der Waals surface area (Å²) < 4.78 is 1.89. The van der Waals surface area contributed by atoms with Crippen LogP contribution in [0.2, 0.25) is 0 Å². The van der Waals surface area contributed by atoms with E-state index in [0.29, 0.717) is 12.1 Å². The Labute approximate surface area is 127 Å². The molecule has 0 aliphatic carbocycles. The monoisotopic (exact) mass is 302 g/mol. The van der Waals surface area contributed by atoms with Gasteiger partial charge in [0.15, 0.2) is 0 Å². The highest BCUT2D eigenvalue weighted by atomic mass is 35.5. The van der Waals surface area contributed by atoms with Crippen molar-refractivity contribution >= 4 is 18.3 Å². The minimum Gasteiger partial charge on any atom is -0.351 e. The predicted molar refractivity (Wildman–Crippen MR) is 84.7 cm³/mol. The maximum atomic E-state index is 12.0. The normalized spacial score (nSPS) is 11.1. The van der Waals surface area contributed by atoms with E-state index in [1.54, 1.807) is 6.20 Å². The molecule has 0 radical (unpaired) electrons. The van der Waals surface area contributed by atoms with Crippen LogP contribution in [-0.2, 0) is 5.54 Å². The van der Waals surface area contributed by atoms with Crippen molar-refractivity contribution < 1.29 is 4.79 Å². The molecule has 0 saturated carbocycles. The van der Waals surface area contributed by atoms with Crippen LogP contribution >= 0.6 is 12.4 Å². The Morgan fingerprint density at radius 1 is 1.30 bits per heavy atom. The first-order valence-corrected chi connectivity index (χ1v) is 6.92. The third kappa shape index (κ3) is 5.13. The average Bonchev–Trinajstić information content (AvgIpc) is 2.70. The lowest BCUT2D eigenvalue weighted by atomic mass is 10.1. The molecule has 0 atom stereocenters. The van der Waals surface area contributed by atoms with Crippen LogP contribution in [-0.4, -0.2) is 35.3 Å². The highest BCUT2D eigenvalue weighted by Gasteiger charge is 2.21. The van der Waals surface area contributed by atoms with Gasteiger partial charge >= 0.3 is 0 Å². The quantitative estimate of drug-likeness (QED) is 0.791. The van der Waals surface area contributed by atoms with Gasteiger partial charge in [-0.3, -0.25) is 9.48 Å². The van der Waals surface area contributed by atoms with Crippen LogP contribution in [0.4, 0.5) is 0 Å². The molecule has 0 spiro atoms. The Hall–Kier alpha value is -1.07. The zero-order valence-electron chi connectivity index (χ0n) is 13.1. The van der Waals surface area contributed by atoms with Gasteiger partial charge in [-0.05, 0) is 40.7 Å². The average molecular weight is 303 g/mol. The van der Waals surface area contributed by atoms with Crippen molar-refractivity contribution in [3.8, 4) is 0 Å². The van der Waals surface area contributed by atoms with Crippen LogP contribution in [0, 0.1) is 6.92 Å². The number of hydrogen-bond donors (Lipinski definition) is 2. The van der Waals surface area contributed by atoms with E-state index in [1.807, 2.05) is 11.6 Å². The highest BCUT2D eigenvalue weighted by molar-refractivity contribution is 5.95. The fraction of sp³-hybridized carbons (Fsp3) is 0.714. The second-order valence-electron chi connectivity index (χ2n) is 5.73. The first-order valence-electron chi connectivity index (χ1n) is 6.92. The molecule has 0 aromatic carbocycles. The second kappa shape index (κ2) is 8.27. The fourth-order valence-electron chi connectivity index (χ4n) is 1.97. The van der Waals surface area contributed by atoms with Crippen molar-refractivity contribution in [2.24, 2.45) is 0 Å². The van der Waals surface area contributed by atoms with Gasteiger partial charge in [-0.2, -0.15) is 5.10 Å². The largest absolute Gasteiger partial charge is 0.351 e. The minimum atomic E-state index is -0.106. The summed E-state index contributed by atoms with van der Waals surface area (Å²) in [7, 11) is 0. The van der Waals surface area contributed by atoms with Crippen molar-refractivity contribution in [1.82, 2.24) is 20.4 Å². The smallest absolute Gasteiger partial charge is 0.254 e. The van der Waals surface area contributed by atoms with E-state index in [2.05, 4.69) is 43.4 Å². The maximum absolute atomic E-state index is 12.0. The molecule has 116 valence electrons. The first kappa shape index (κ1) is 18.9. The van der Waals surface area contributed by atoms with E-state index < -0.39 is 0 Å². The zero-order chi connectivity index (χ0) is 14.5. The molecule has 5 nitrogen and oxygen atoms in total. The lowest BCUT2D eigenvalue weighted by molar-refractivity contribution is 0.0953. The molecule has 0 saturated heterocycles. The zero-order valence-corrected chi connectivity index (χ0v) is 13.9. The summed E-state index contributed by atoms with van der Waals surface area (Å²) in [6, 6.07) is 0. The fourth-order valence-corrected chi connectivity index (χ4v) is 1.97. The van der Waals surface area contributed by atoms with Gasteiger partial charge in [-0.25, -0.2) is 0 Å². The van der Waals surface area contributed by atoms with Crippen molar-refractivity contribution in [2.45, 2.75) is 46.6 Å². The Bertz CT molecular complexity index is 423. The molecule has 1 rings (SSSR count). The van der Waals surface area contributed by atoms with Crippen molar-refractivity contribution in [3.05, 3.63) is 17.5 Å². The molecule has 0 aliphatic heterocycles. The molecule has 1 aromatic heterocycles. The molecule has 0 bridgehead atoms. The van der Waals surface area contributed by atoms with Crippen LogP contribution in [0.25, 0.3) is 0 Å². The van der Waals surface area contributed by atoms with Crippen molar-refractivity contribution in [1.29, 1.82) is 0 Å². The lowest BCUT2D eigenvalue weighted by Crippen LogP contribution is -2.32. The summed E-state index contributed by atoms with van der Waals surface area (Å²) in [6.45, 7) is 12.7. The van der Waals surface area contributed by atoms with Crippen LogP contribution in [0.5, 0.6) is 0 Å². The molecule has 2 N–H and O–H groups in total. The molecular weight excluding hydrogens is 276 g/mol. The number of rotatable bonds is 6. The molecule has 1 aromatic rings. The number of amides is 1. The summed E-state index contributed by atoms with van der Waals surface area (Å²) in [5.41, 5.74) is 1.46. The highest BCUT2D eigenvalue weighted by Crippen LogP contribution is 2.17. The van der Waals surface area contributed by atoms with E-state index in [-0.39, 0.29) is 23.9 Å². The molecular formula is C14H27ClN4O. The van der Waals surface area contributed by atoms with E-state index in [0.717, 1.165) is 25.2 Å². The van der Waals surface area contributed by atoms with Gasteiger partial charge in [0, 0.05) is 18.8 Å². The summed E-state index contributed by atoms with van der Waals surface area (Å²) in [4.78, 5) is 12.0. The summed E-state index contributed by atoms with van der Waals surface area (Å²) in [6.07, 6.45) is 2.75. The van der Waals surface area contributed by atoms with Gasteiger partial charge in [-0.1, -0.05) is 6.92 Å². The van der Waals surface area contributed by atoms with Gasteiger partial charge in [0.25, 0.3) is 5.91 Å². The molecule has 20 heavy (non-hydrogen) atoms. The molecule has 0 unspecified atom stereocenters. The predicted octanol–water partition coefficient (Wildman–Crippen LogP) is 2.10. The Balaban J connectivity index is 0.00000361. The van der Waals surface area contributed by atoms with E-state index in [1.165, 1.54) is 0 Å². The Kier molecular flexibility index (Phi) is 7.83. The number of carbonyl (C=O) groups is 1. The van der Waals surface area contributed by atoms with Crippen LogP contribution in [0.3, 0.4) is 0 Å². The van der Waals surface area contributed by atoms with Crippen molar-refractivity contribution in [2.75, 3.05) is 19.6 Å². The molecule has 0 aliphatic rings. The van der Waals surface area contributed by atoms with Crippen molar-refractivity contribution in [3.63, 3.8) is 0 Å². The lowest BCUT2D eigenvalue weighted by Gasteiger charge is -2.21. The number of aromatic nitrogens is 2. The molecule has 1 amide bonds. The van der Waals surface area contributed by atoms with Gasteiger partial charge in [-0.15, -0.1) is 12.4 Å². The van der Waals surface area contributed by atoms with Crippen LogP contribution in [0.15, 0.2) is 6.20 Å². The molecule has 0 fully saturated rings. The first-order chi connectivity index (χ1) is 8.88. The molecule has 1 heterocycles. The minimum absolute atomic E-state index is 0. The number of nitrogens with one attached hydrogen (secondary N) is 2. The summed E-state index contributed by atoms with van der Waals surface area (Å²) >= 11 is 0. The number of hydrogen-bond acceptors (Lipinski definition) is 3. The Morgan fingerprint density at radius 2 is 1.95 bits per heavy atom. The van der Waals surface area contributed by atoms with Crippen LogP contribution in [0.1, 0.15) is 50.2 Å². The topological polar surface area (TPSA) is 58.9 Å². The third-order valence-electron chi connectivity index (χ3n) is 2.90. The molecule has 6 heteroatoms. The third-order valence-corrected chi connectivity index (χ3v) is 2.90. The second-order valence-corrected chi connectivity index (χ2v) is 5.73. The summed E-state index contributed by atoms with van der Waals surface area (Å²) in [5, 5.41) is 10.5. The number of carbonyl (C=O) groups excluding carboxylic acids is 1. The van der Waals surface area contributed by atoms with Gasteiger partial charge < -0.3 is 10.6 Å². The van der Waals surface area contributed by atoms with E-state index >= 15 is 0 Å². The van der Waals surface area contributed by atoms with Gasteiger partial charge in [0.05, 0.1) is 17.3 Å². The van der Waals surface area contributed by atoms with Gasteiger partial charge in [0.1, 0.15) is 0 Å². The Morgan fingerprint density at radius 3 is 2.45 bits per heavy atom. The number of halogens is 1. The maximum Gasteiger partial charge on any atom is 0.254 e. The van der Waals surface area contributed by atoms with E-state index in [4.69, 9.17) is 0 Å². The SMILES string of the molecule is CCCNCCNC(=O)c1cnn(C(C)(C)C)c1C.Cl. The summed E-state index contributed by atoms with van der Waals surface area (Å²) in [5.74, 6) is -0.0497.